The number of esters is 1. The van der Waals surface area contributed by atoms with Gasteiger partial charge in [0, 0.05) is 16.7 Å². The highest BCUT2D eigenvalue weighted by Gasteiger charge is 2.19. The summed E-state index contributed by atoms with van der Waals surface area (Å²) in [7, 11) is 1.27. The van der Waals surface area contributed by atoms with Crippen LogP contribution in [0.25, 0.3) is 6.08 Å². The van der Waals surface area contributed by atoms with E-state index < -0.39 is 5.97 Å². The summed E-state index contributed by atoms with van der Waals surface area (Å²) < 4.78 is 4.69. The largest absolute Gasteiger partial charge is 0.507 e. The third-order valence-electron chi connectivity index (χ3n) is 3.22. The summed E-state index contributed by atoms with van der Waals surface area (Å²) in [6.07, 6.45) is 3.54. The molecule has 0 bridgehead atoms. The number of carbonyl (C=O) groups excluding carboxylic acids is 2. The molecule has 1 N–H and O–H groups in total. The maximum Gasteiger partial charge on any atom is 0.338 e. The number of ketones is 1. The van der Waals surface area contributed by atoms with Crippen molar-refractivity contribution in [3.05, 3.63) is 70.8 Å². The van der Waals surface area contributed by atoms with Crippen molar-refractivity contribution in [1.29, 1.82) is 0 Å². The SMILES string of the molecule is C/C=C/c1ccc(C(=O)c2ccccc2C(=O)OC)cc1O. The number of hydrogen-bond donors (Lipinski definition) is 1. The maximum absolute atomic E-state index is 12.6. The lowest BCUT2D eigenvalue weighted by Crippen LogP contribution is -2.11. The molecule has 4 heteroatoms. The number of phenols is 1. The van der Waals surface area contributed by atoms with E-state index in [2.05, 4.69) is 4.74 Å². The Balaban J connectivity index is 2.45. The molecule has 2 aromatic rings. The van der Waals surface area contributed by atoms with Crippen molar-refractivity contribution >= 4 is 17.8 Å². The molecule has 0 unspecified atom stereocenters. The molecule has 0 aliphatic rings. The Bertz CT molecular complexity index is 745. The maximum atomic E-state index is 12.6. The van der Waals surface area contributed by atoms with Crippen molar-refractivity contribution in [3.63, 3.8) is 0 Å². The summed E-state index contributed by atoms with van der Waals surface area (Å²) in [6.45, 7) is 1.84. The zero-order valence-electron chi connectivity index (χ0n) is 12.4. The highest BCUT2D eigenvalue weighted by molar-refractivity contribution is 6.14. The smallest absolute Gasteiger partial charge is 0.338 e. The number of benzene rings is 2. The molecule has 2 rings (SSSR count). The van der Waals surface area contributed by atoms with Crippen LogP contribution in [-0.2, 0) is 4.74 Å². The first-order valence-corrected chi connectivity index (χ1v) is 6.76. The molecule has 0 fully saturated rings. The molecule has 2 aromatic carbocycles. The fourth-order valence-electron chi connectivity index (χ4n) is 2.13. The molecule has 112 valence electrons. The van der Waals surface area contributed by atoms with Gasteiger partial charge in [0.25, 0.3) is 0 Å². The van der Waals surface area contributed by atoms with Crippen molar-refractivity contribution in [2.75, 3.05) is 7.11 Å². The Kier molecular flexibility index (Phi) is 4.73. The van der Waals surface area contributed by atoms with Gasteiger partial charge in [-0.15, -0.1) is 0 Å². The van der Waals surface area contributed by atoms with Gasteiger partial charge in [0.15, 0.2) is 5.78 Å². The lowest BCUT2D eigenvalue weighted by molar-refractivity contribution is 0.0597. The van der Waals surface area contributed by atoms with Crippen LogP contribution in [-0.4, -0.2) is 24.0 Å². The van der Waals surface area contributed by atoms with Crippen LogP contribution < -0.4 is 0 Å². The molecule has 4 nitrogen and oxygen atoms in total. The number of ether oxygens (including phenoxy) is 1. The minimum atomic E-state index is -0.571. The van der Waals surface area contributed by atoms with Gasteiger partial charge in [0.2, 0.25) is 0 Å². The van der Waals surface area contributed by atoms with Gasteiger partial charge in [-0.25, -0.2) is 4.79 Å². The molecule has 0 aliphatic heterocycles. The Morgan fingerprint density at radius 3 is 2.36 bits per heavy atom. The topological polar surface area (TPSA) is 63.6 Å². The fraction of sp³-hybridized carbons (Fsp3) is 0.111. The third kappa shape index (κ3) is 3.06. The van der Waals surface area contributed by atoms with Gasteiger partial charge >= 0.3 is 5.97 Å². The van der Waals surface area contributed by atoms with E-state index in [9.17, 15) is 14.7 Å². The van der Waals surface area contributed by atoms with Gasteiger partial charge < -0.3 is 9.84 Å². The Hall–Kier alpha value is -2.88. The number of rotatable bonds is 4. The van der Waals surface area contributed by atoms with Crippen LogP contribution in [0, 0.1) is 0 Å². The average molecular weight is 296 g/mol. The van der Waals surface area contributed by atoms with E-state index in [4.69, 9.17) is 0 Å². The number of phenolic OH excluding ortho intramolecular Hbond substituents is 1. The highest BCUT2D eigenvalue weighted by Crippen LogP contribution is 2.23. The summed E-state index contributed by atoms with van der Waals surface area (Å²) in [4.78, 5) is 24.3. The third-order valence-corrected chi connectivity index (χ3v) is 3.22. The second kappa shape index (κ2) is 6.72. The first-order valence-electron chi connectivity index (χ1n) is 6.76. The summed E-state index contributed by atoms with van der Waals surface area (Å²) in [5.74, 6) is -0.901. The van der Waals surface area contributed by atoms with Crippen LogP contribution in [0.4, 0.5) is 0 Å². The normalized spacial score (nSPS) is 10.6. The number of allylic oxidation sites excluding steroid dienone is 1. The highest BCUT2D eigenvalue weighted by atomic mass is 16.5. The van der Waals surface area contributed by atoms with Crippen molar-refractivity contribution in [1.82, 2.24) is 0 Å². The van der Waals surface area contributed by atoms with Crippen molar-refractivity contribution in [2.24, 2.45) is 0 Å². The fourth-order valence-corrected chi connectivity index (χ4v) is 2.13. The molecule has 0 aliphatic carbocycles. The lowest BCUT2D eigenvalue weighted by Gasteiger charge is -2.08. The van der Waals surface area contributed by atoms with Crippen molar-refractivity contribution < 1.29 is 19.4 Å². The second-order valence-corrected chi connectivity index (χ2v) is 4.64. The molecule has 0 heterocycles. The van der Waals surface area contributed by atoms with Gasteiger partial charge in [-0.3, -0.25) is 4.79 Å². The molecule has 0 saturated heterocycles. The number of carbonyl (C=O) groups is 2. The molecule has 0 atom stereocenters. The van der Waals surface area contributed by atoms with E-state index in [1.54, 1.807) is 42.5 Å². The minimum absolute atomic E-state index is 0.0134. The monoisotopic (exact) mass is 296 g/mol. The minimum Gasteiger partial charge on any atom is -0.507 e. The molecule has 0 spiro atoms. The molecule has 22 heavy (non-hydrogen) atoms. The quantitative estimate of drug-likeness (QED) is 0.693. The molecular formula is C18H16O4. The number of aromatic hydroxyl groups is 1. The number of methoxy groups -OCH3 is 1. The summed E-state index contributed by atoms with van der Waals surface area (Å²) in [5, 5.41) is 9.95. The van der Waals surface area contributed by atoms with Gasteiger partial charge in [-0.1, -0.05) is 42.5 Å². The molecule has 0 amide bonds. The van der Waals surface area contributed by atoms with E-state index in [0.29, 0.717) is 11.1 Å². The molecule has 0 aromatic heterocycles. The van der Waals surface area contributed by atoms with Gasteiger partial charge in [0.05, 0.1) is 12.7 Å². The van der Waals surface area contributed by atoms with Crippen LogP contribution >= 0.6 is 0 Å². The Labute approximate surface area is 128 Å². The predicted octanol–water partition coefficient (Wildman–Crippen LogP) is 3.44. The lowest BCUT2D eigenvalue weighted by atomic mass is 9.97. The first kappa shape index (κ1) is 15.5. The van der Waals surface area contributed by atoms with E-state index >= 15 is 0 Å². The van der Waals surface area contributed by atoms with E-state index in [-0.39, 0.29) is 22.7 Å². The molecule has 0 radical (unpaired) electrons. The van der Waals surface area contributed by atoms with Crippen molar-refractivity contribution in [3.8, 4) is 5.75 Å². The van der Waals surface area contributed by atoms with Crippen LogP contribution in [0.5, 0.6) is 5.75 Å². The summed E-state index contributed by atoms with van der Waals surface area (Å²) in [6, 6.07) is 11.1. The van der Waals surface area contributed by atoms with Crippen LogP contribution in [0.1, 0.15) is 38.8 Å². The Morgan fingerprint density at radius 1 is 1.09 bits per heavy atom. The average Bonchev–Trinajstić information content (AvgIpc) is 2.55. The Morgan fingerprint density at radius 2 is 1.77 bits per heavy atom. The van der Waals surface area contributed by atoms with Gasteiger partial charge in [0.1, 0.15) is 5.75 Å². The summed E-state index contributed by atoms with van der Waals surface area (Å²) >= 11 is 0. The summed E-state index contributed by atoms with van der Waals surface area (Å²) in [5.41, 5.74) is 1.38. The van der Waals surface area contributed by atoms with Crippen molar-refractivity contribution in [2.45, 2.75) is 6.92 Å². The molecular weight excluding hydrogens is 280 g/mol. The van der Waals surface area contributed by atoms with E-state index in [1.807, 2.05) is 6.92 Å². The van der Waals surface area contributed by atoms with Gasteiger partial charge in [-0.2, -0.15) is 0 Å². The predicted molar refractivity (Wildman–Crippen MR) is 84.0 cm³/mol. The van der Waals surface area contributed by atoms with Crippen LogP contribution in [0.2, 0.25) is 0 Å². The second-order valence-electron chi connectivity index (χ2n) is 4.64. The van der Waals surface area contributed by atoms with Gasteiger partial charge in [-0.05, 0) is 19.1 Å². The molecule has 0 saturated carbocycles. The van der Waals surface area contributed by atoms with Crippen LogP contribution in [0.3, 0.4) is 0 Å². The standard InChI is InChI=1S/C18H16O4/c1-3-6-12-9-10-13(11-16(12)19)17(20)14-7-4-5-8-15(14)18(21)22-2/h3-11,19H,1-2H3/b6-3+. The van der Waals surface area contributed by atoms with Crippen LogP contribution in [0.15, 0.2) is 48.5 Å². The van der Waals surface area contributed by atoms with E-state index in [0.717, 1.165) is 0 Å². The zero-order chi connectivity index (χ0) is 16.1. The van der Waals surface area contributed by atoms with E-state index in [1.165, 1.54) is 19.2 Å². The zero-order valence-corrected chi connectivity index (χ0v) is 12.4. The first-order chi connectivity index (χ1) is 10.6. The number of hydrogen-bond acceptors (Lipinski definition) is 4.